The average Bonchev–Trinajstić information content (AvgIpc) is 2.33. The van der Waals surface area contributed by atoms with Crippen molar-refractivity contribution in [2.45, 2.75) is 20.0 Å². The third-order valence-electron chi connectivity index (χ3n) is 3.43. The molecular weight excluding hydrogens is 212 g/mol. The number of benzene rings is 1. The van der Waals surface area contributed by atoms with Crippen molar-refractivity contribution in [3.63, 3.8) is 0 Å². The highest BCUT2D eigenvalue weighted by atomic mass is 16.5. The molecule has 0 radical (unpaired) electrons. The SMILES string of the molecule is CNCC1CN(c2ccc(C)c(C)c2)CCO1. The van der Waals surface area contributed by atoms with E-state index in [2.05, 4.69) is 42.3 Å². The van der Waals surface area contributed by atoms with Gasteiger partial charge in [0.2, 0.25) is 0 Å². The van der Waals surface area contributed by atoms with Gasteiger partial charge in [0.1, 0.15) is 0 Å². The fraction of sp³-hybridized carbons (Fsp3) is 0.571. The number of nitrogens with one attached hydrogen (secondary N) is 1. The van der Waals surface area contributed by atoms with Crippen LogP contribution in [0.1, 0.15) is 11.1 Å². The van der Waals surface area contributed by atoms with Crippen LogP contribution in [0.5, 0.6) is 0 Å². The molecule has 1 aliphatic rings. The van der Waals surface area contributed by atoms with Crippen molar-refractivity contribution in [3.8, 4) is 0 Å². The van der Waals surface area contributed by atoms with Crippen molar-refractivity contribution in [2.75, 3.05) is 38.2 Å². The summed E-state index contributed by atoms with van der Waals surface area (Å²) in [6.07, 6.45) is 0.301. The molecule has 1 atom stereocenters. The zero-order chi connectivity index (χ0) is 12.3. The summed E-state index contributed by atoms with van der Waals surface area (Å²) in [5.41, 5.74) is 4.03. The highest BCUT2D eigenvalue weighted by Gasteiger charge is 2.20. The Hall–Kier alpha value is -1.06. The van der Waals surface area contributed by atoms with E-state index in [1.54, 1.807) is 0 Å². The smallest absolute Gasteiger partial charge is 0.0874 e. The van der Waals surface area contributed by atoms with Crippen molar-refractivity contribution in [1.29, 1.82) is 0 Å². The van der Waals surface area contributed by atoms with Crippen LogP contribution in [0.3, 0.4) is 0 Å². The summed E-state index contributed by atoms with van der Waals surface area (Å²) in [4.78, 5) is 2.41. The predicted molar refractivity (Wildman–Crippen MR) is 71.8 cm³/mol. The van der Waals surface area contributed by atoms with Gasteiger partial charge in [0.15, 0.2) is 0 Å². The molecule has 2 rings (SSSR count). The number of rotatable bonds is 3. The fourth-order valence-corrected chi connectivity index (χ4v) is 2.23. The summed E-state index contributed by atoms with van der Waals surface area (Å²) < 4.78 is 5.72. The van der Waals surface area contributed by atoms with Crippen LogP contribution >= 0.6 is 0 Å². The van der Waals surface area contributed by atoms with E-state index in [1.165, 1.54) is 16.8 Å². The number of nitrogens with zero attached hydrogens (tertiary/aromatic N) is 1. The monoisotopic (exact) mass is 234 g/mol. The number of morpholine rings is 1. The Bertz CT molecular complexity index is 376. The van der Waals surface area contributed by atoms with Gasteiger partial charge in [-0.3, -0.25) is 0 Å². The summed E-state index contributed by atoms with van der Waals surface area (Å²) in [5, 5.41) is 3.18. The minimum Gasteiger partial charge on any atom is -0.373 e. The van der Waals surface area contributed by atoms with Crippen LogP contribution in [0.2, 0.25) is 0 Å². The summed E-state index contributed by atoms with van der Waals surface area (Å²) in [6.45, 7) is 8.03. The number of hydrogen-bond donors (Lipinski definition) is 1. The second-order valence-corrected chi connectivity index (χ2v) is 4.77. The Kier molecular flexibility index (Phi) is 4.02. The molecule has 1 N–H and O–H groups in total. The minimum atomic E-state index is 0.301. The van der Waals surface area contributed by atoms with Crippen LogP contribution in [0.4, 0.5) is 5.69 Å². The summed E-state index contributed by atoms with van der Waals surface area (Å²) in [6, 6.07) is 6.69. The minimum absolute atomic E-state index is 0.301. The van der Waals surface area contributed by atoms with Crippen LogP contribution in [-0.2, 0) is 4.74 Å². The van der Waals surface area contributed by atoms with Gasteiger partial charge < -0.3 is 15.0 Å². The normalized spacial score (nSPS) is 20.6. The molecule has 0 bridgehead atoms. The zero-order valence-corrected chi connectivity index (χ0v) is 11.0. The largest absolute Gasteiger partial charge is 0.373 e. The molecule has 0 aromatic heterocycles. The third kappa shape index (κ3) is 2.99. The number of ether oxygens (including phenoxy) is 1. The average molecular weight is 234 g/mol. The van der Waals surface area contributed by atoms with Gasteiger partial charge in [0.25, 0.3) is 0 Å². The molecule has 1 fully saturated rings. The van der Waals surface area contributed by atoms with Crippen molar-refractivity contribution >= 4 is 5.69 Å². The topological polar surface area (TPSA) is 24.5 Å². The molecule has 3 nitrogen and oxygen atoms in total. The van der Waals surface area contributed by atoms with E-state index < -0.39 is 0 Å². The van der Waals surface area contributed by atoms with Crippen LogP contribution < -0.4 is 10.2 Å². The summed E-state index contributed by atoms with van der Waals surface area (Å²) in [7, 11) is 1.97. The van der Waals surface area contributed by atoms with Crippen molar-refractivity contribution < 1.29 is 4.74 Å². The van der Waals surface area contributed by atoms with E-state index in [1.807, 2.05) is 7.05 Å². The molecule has 0 amide bonds. The van der Waals surface area contributed by atoms with E-state index in [0.717, 1.165) is 26.2 Å². The molecule has 1 aromatic carbocycles. The predicted octanol–water partition coefficient (Wildman–Crippen LogP) is 1.73. The van der Waals surface area contributed by atoms with Gasteiger partial charge in [-0.15, -0.1) is 0 Å². The molecule has 3 heteroatoms. The number of anilines is 1. The van der Waals surface area contributed by atoms with E-state index in [4.69, 9.17) is 4.74 Å². The van der Waals surface area contributed by atoms with E-state index in [9.17, 15) is 0 Å². The summed E-state index contributed by atoms with van der Waals surface area (Å²) in [5.74, 6) is 0. The fourth-order valence-electron chi connectivity index (χ4n) is 2.23. The van der Waals surface area contributed by atoms with Crippen molar-refractivity contribution in [3.05, 3.63) is 29.3 Å². The van der Waals surface area contributed by atoms with Crippen molar-refractivity contribution in [1.82, 2.24) is 5.32 Å². The molecule has 0 spiro atoms. The number of likely N-dealkylation sites (N-methyl/N-ethyl adjacent to an activating group) is 1. The Morgan fingerprint density at radius 2 is 2.18 bits per heavy atom. The van der Waals surface area contributed by atoms with Crippen LogP contribution in [-0.4, -0.2) is 39.4 Å². The molecule has 1 aromatic rings. The highest BCUT2D eigenvalue weighted by Crippen LogP contribution is 2.20. The maximum absolute atomic E-state index is 5.72. The molecule has 1 saturated heterocycles. The van der Waals surface area contributed by atoms with Gasteiger partial charge >= 0.3 is 0 Å². The second-order valence-electron chi connectivity index (χ2n) is 4.77. The number of aryl methyl sites for hydroxylation is 2. The van der Waals surface area contributed by atoms with Crippen LogP contribution in [0.15, 0.2) is 18.2 Å². The van der Waals surface area contributed by atoms with Gasteiger partial charge in [-0.1, -0.05) is 6.07 Å². The Morgan fingerprint density at radius 3 is 2.88 bits per heavy atom. The van der Waals surface area contributed by atoms with Crippen LogP contribution in [0.25, 0.3) is 0 Å². The molecule has 0 aliphatic carbocycles. The standard InChI is InChI=1S/C14H22N2O/c1-11-4-5-13(8-12(11)2)16-6-7-17-14(10-16)9-15-3/h4-5,8,14-15H,6-7,9-10H2,1-3H3. The Morgan fingerprint density at radius 1 is 1.35 bits per heavy atom. The van der Waals surface area contributed by atoms with Gasteiger partial charge in [-0.2, -0.15) is 0 Å². The van der Waals surface area contributed by atoms with Gasteiger partial charge in [-0.25, -0.2) is 0 Å². The molecular formula is C14H22N2O. The Labute approximate surface area is 104 Å². The molecule has 1 aliphatic heterocycles. The highest BCUT2D eigenvalue weighted by molar-refractivity contribution is 5.51. The van der Waals surface area contributed by atoms with E-state index in [-0.39, 0.29) is 0 Å². The van der Waals surface area contributed by atoms with E-state index >= 15 is 0 Å². The van der Waals surface area contributed by atoms with E-state index in [0.29, 0.717) is 6.10 Å². The number of hydrogen-bond acceptors (Lipinski definition) is 3. The lowest BCUT2D eigenvalue weighted by atomic mass is 10.1. The van der Waals surface area contributed by atoms with Crippen molar-refractivity contribution in [2.24, 2.45) is 0 Å². The third-order valence-corrected chi connectivity index (χ3v) is 3.43. The summed E-state index contributed by atoms with van der Waals surface area (Å²) >= 11 is 0. The lowest BCUT2D eigenvalue weighted by molar-refractivity contribution is 0.0422. The molecule has 1 heterocycles. The maximum atomic E-state index is 5.72. The first-order chi connectivity index (χ1) is 8.20. The van der Waals surface area contributed by atoms with Gasteiger partial charge in [0, 0.05) is 25.3 Å². The first kappa shape index (κ1) is 12.4. The maximum Gasteiger partial charge on any atom is 0.0874 e. The molecule has 94 valence electrons. The Balaban J connectivity index is 2.08. The zero-order valence-electron chi connectivity index (χ0n) is 11.0. The first-order valence-electron chi connectivity index (χ1n) is 6.29. The molecule has 17 heavy (non-hydrogen) atoms. The lowest BCUT2D eigenvalue weighted by Gasteiger charge is -2.34. The van der Waals surface area contributed by atoms with Gasteiger partial charge in [0.05, 0.1) is 12.7 Å². The molecule has 1 unspecified atom stereocenters. The first-order valence-corrected chi connectivity index (χ1v) is 6.29. The second kappa shape index (κ2) is 5.52. The van der Waals surface area contributed by atoms with Gasteiger partial charge in [-0.05, 0) is 44.2 Å². The quantitative estimate of drug-likeness (QED) is 0.862. The van der Waals surface area contributed by atoms with Crippen LogP contribution in [0, 0.1) is 13.8 Å². The lowest BCUT2D eigenvalue weighted by Crippen LogP contribution is -2.46. The molecule has 0 saturated carbocycles.